The van der Waals surface area contributed by atoms with E-state index in [4.69, 9.17) is 0 Å². The molecule has 0 aliphatic heterocycles. The van der Waals surface area contributed by atoms with E-state index in [0.717, 1.165) is 0 Å². The van der Waals surface area contributed by atoms with Crippen molar-refractivity contribution in [2.24, 2.45) is 5.41 Å². The topological polar surface area (TPSA) is 0 Å². The summed E-state index contributed by atoms with van der Waals surface area (Å²) in [5.41, 5.74) is 2.02. The molecule has 0 aromatic carbocycles. The highest BCUT2D eigenvalue weighted by Gasteiger charge is 2.30. The standard InChI is InChI=1S/C12H20/c1-4-8-11(5-2)12(3)9-6-7-10-12/h4-5,8H,6-7,9-10H2,1-3H3/b8-4-,11-5+. The molecule has 68 valence electrons. The van der Waals surface area contributed by atoms with E-state index in [1.807, 2.05) is 0 Å². The molecule has 1 rings (SSSR count). The van der Waals surface area contributed by atoms with E-state index in [0.29, 0.717) is 5.41 Å². The summed E-state index contributed by atoms with van der Waals surface area (Å²) >= 11 is 0. The maximum atomic E-state index is 2.40. The van der Waals surface area contributed by atoms with Crippen LogP contribution in [0.5, 0.6) is 0 Å². The fraction of sp³-hybridized carbons (Fsp3) is 0.667. The highest BCUT2D eigenvalue weighted by Crippen LogP contribution is 2.44. The molecule has 0 aromatic heterocycles. The zero-order valence-electron chi connectivity index (χ0n) is 8.56. The normalized spacial score (nSPS) is 23.8. The van der Waals surface area contributed by atoms with Crippen molar-refractivity contribution < 1.29 is 0 Å². The van der Waals surface area contributed by atoms with Crippen LogP contribution in [0.15, 0.2) is 23.8 Å². The van der Waals surface area contributed by atoms with Gasteiger partial charge in [-0.25, -0.2) is 0 Å². The van der Waals surface area contributed by atoms with Crippen LogP contribution in [0.4, 0.5) is 0 Å². The van der Waals surface area contributed by atoms with Crippen LogP contribution in [-0.4, -0.2) is 0 Å². The van der Waals surface area contributed by atoms with E-state index >= 15 is 0 Å². The van der Waals surface area contributed by atoms with Gasteiger partial charge in [0.1, 0.15) is 0 Å². The predicted octanol–water partition coefficient (Wildman–Crippen LogP) is 4.09. The number of hydrogen-bond acceptors (Lipinski definition) is 0. The van der Waals surface area contributed by atoms with Crippen molar-refractivity contribution in [1.82, 2.24) is 0 Å². The van der Waals surface area contributed by atoms with Crippen molar-refractivity contribution in [2.45, 2.75) is 46.5 Å². The Kier molecular flexibility index (Phi) is 3.13. The quantitative estimate of drug-likeness (QED) is 0.539. The maximum absolute atomic E-state index is 2.40. The predicted molar refractivity (Wildman–Crippen MR) is 55.1 cm³/mol. The minimum Gasteiger partial charge on any atom is -0.0874 e. The average Bonchev–Trinajstić information content (AvgIpc) is 2.49. The van der Waals surface area contributed by atoms with Gasteiger partial charge >= 0.3 is 0 Å². The molecule has 0 atom stereocenters. The third-order valence-corrected chi connectivity index (χ3v) is 3.06. The molecule has 0 saturated heterocycles. The SMILES string of the molecule is C/C=C\C(=C/C)C1(C)CCCC1. The Morgan fingerprint density at radius 2 is 1.75 bits per heavy atom. The van der Waals surface area contributed by atoms with Crippen LogP contribution in [0, 0.1) is 5.41 Å². The molecule has 0 spiro atoms. The molecule has 1 fully saturated rings. The monoisotopic (exact) mass is 164 g/mol. The van der Waals surface area contributed by atoms with Crippen molar-refractivity contribution >= 4 is 0 Å². The molecular weight excluding hydrogens is 144 g/mol. The van der Waals surface area contributed by atoms with E-state index in [1.165, 1.54) is 31.3 Å². The van der Waals surface area contributed by atoms with Crippen LogP contribution in [0.3, 0.4) is 0 Å². The van der Waals surface area contributed by atoms with Crippen molar-refractivity contribution in [3.8, 4) is 0 Å². The molecule has 0 unspecified atom stereocenters. The van der Waals surface area contributed by atoms with Gasteiger partial charge in [-0.15, -0.1) is 0 Å². The number of rotatable bonds is 2. The Hall–Kier alpha value is -0.520. The minimum absolute atomic E-state index is 0.487. The Labute approximate surface area is 76.4 Å². The molecule has 1 aliphatic rings. The summed E-state index contributed by atoms with van der Waals surface area (Å²) in [6, 6.07) is 0. The van der Waals surface area contributed by atoms with Crippen molar-refractivity contribution in [3.63, 3.8) is 0 Å². The molecule has 0 amide bonds. The molecule has 0 heterocycles. The molecule has 0 heteroatoms. The van der Waals surface area contributed by atoms with Crippen LogP contribution in [0.25, 0.3) is 0 Å². The first-order valence-corrected chi connectivity index (χ1v) is 5.02. The number of hydrogen-bond donors (Lipinski definition) is 0. The summed E-state index contributed by atoms with van der Waals surface area (Å²) < 4.78 is 0. The van der Waals surface area contributed by atoms with Gasteiger partial charge in [-0.1, -0.05) is 38.0 Å². The van der Waals surface area contributed by atoms with Gasteiger partial charge in [-0.3, -0.25) is 0 Å². The lowest BCUT2D eigenvalue weighted by atomic mass is 9.80. The lowest BCUT2D eigenvalue weighted by Crippen LogP contribution is -2.12. The van der Waals surface area contributed by atoms with E-state index < -0.39 is 0 Å². The Morgan fingerprint density at radius 3 is 2.17 bits per heavy atom. The minimum atomic E-state index is 0.487. The van der Waals surface area contributed by atoms with Crippen molar-refractivity contribution in [2.75, 3.05) is 0 Å². The molecule has 0 nitrogen and oxygen atoms in total. The average molecular weight is 164 g/mol. The third-order valence-electron chi connectivity index (χ3n) is 3.06. The molecule has 0 radical (unpaired) electrons. The highest BCUT2D eigenvalue weighted by molar-refractivity contribution is 5.26. The van der Waals surface area contributed by atoms with Crippen molar-refractivity contribution in [3.05, 3.63) is 23.8 Å². The molecule has 0 bridgehead atoms. The van der Waals surface area contributed by atoms with Crippen LogP contribution in [-0.2, 0) is 0 Å². The summed E-state index contributed by atoms with van der Waals surface area (Å²) in [5, 5.41) is 0. The van der Waals surface area contributed by atoms with E-state index in [2.05, 4.69) is 39.0 Å². The first-order chi connectivity index (χ1) is 5.73. The van der Waals surface area contributed by atoms with Gasteiger partial charge in [0.15, 0.2) is 0 Å². The maximum Gasteiger partial charge on any atom is -0.00786 e. The molecule has 0 aromatic rings. The first kappa shape index (κ1) is 9.57. The molecule has 12 heavy (non-hydrogen) atoms. The lowest BCUT2D eigenvalue weighted by Gasteiger charge is -2.25. The molecule has 1 saturated carbocycles. The summed E-state index contributed by atoms with van der Waals surface area (Å²) in [4.78, 5) is 0. The molecule has 1 aliphatic carbocycles. The van der Waals surface area contributed by atoms with Gasteiger partial charge in [0, 0.05) is 0 Å². The zero-order chi connectivity index (χ0) is 9.03. The summed E-state index contributed by atoms with van der Waals surface area (Å²) in [5.74, 6) is 0. The third kappa shape index (κ3) is 1.80. The van der Waals surface area contributed by atoms with Crippen molar-refractivity contribution in [1.29, 1.82) is 0 Å². The summed E-state index contributed by atoms with van der Waals surface area (Å²) in [6.07, 6.45) is 12.3. The first-order valence-electron chi connectivity index (χ1n) is 5.02. The van der Waals surface area contributed by atoms with Gasteiger partial charge < -0.3 is 0 Å². The van der Waals surface area contributed by atoms with Gasteiger partial charge in [-0.05, 0) is 37.7 Å². The summed E-state index contributed by atoms with van der Waals surface area (Å²) in [7, 11) is 0. The number of allylic oxidation sites excluding steroid dienone is 4. The van der Waals surface area contributed by atoms with Gasteiger partial charge in [0.2, 0.25) is 0 Å². The Balaban J connectivity index is 2.77. The van der Waals surface area contributed by atoms with Crippen LogP contribution in [0.2, 0.25) is 0 Å². The second kappa shape index (κ2) is 3.93. The van der Waals surface area contributed by atoms with E-state index in [1.54, 1.807) is 0 Å². The zero-order valence-corrected chi connectivity index (χ0v) is 8.56. The highest BCUT2D eigenvalue weighted by atomic mass is 14.3. The largest absolute Gasteiger partial charge is 0.0874 e. The van der Waals surface area contributed by atoms with E-state index in [9.17, 15) is 0 Å². The Bertz CT molecular complexity index is 190. The lowest BCUT2D eigenvalue weighted by molar-refractivity contribution is 0.423. The van der Waals surface area contributed by atoms with Gasteiger partial charge in [0.25, 0.3) is 0 Å². The summed E-state index contributed by atoms with van der Waals surface area (Å²) in [6.45, 7) is 6.65. The smallest absolute Gasteiger partial charge is 0.00786 e. The van der Waals surface area contributed by atoms with Crippen LogP contribution in [0.1, 0.15) is 46.5 Å². The molecule has 0 N–H and O–H groups in total. The van der Waals surface area contributed by atoms with Gasteiger partial charge in [0.05, 0.1) is 0 Å². The fourth-order valence-corrected chi connectivity index (χ4v) is 2.27. The van der Waals surface area contributed by atoms with Gasteiger partial charge in [-0.2, -0.15) is 0 Å². The Morgan fingerprint density at radius 1 is 1.17 bits per heavy atom. The molecular formula is C12H20. The van der Waals surface area contributed by atoms with Crippen LogP contribution >= 0.6 is 0 Å². The van der Waals surface area contributed by atoms with E-state index in [-0.39, 0.29) is 0 Å². The second-order valence-corrected chi connectivity index (χ2v) is 4.01. The second-order valence-electron chi connectivity index (χ2n) is 4.01. The van der Waals surface area contributed by atoms with Crippen LogP contribution < -0.4 is 0 Å². The fourth-order valence-electron chi connectivity index (χ4n) is 2.27.